The molecule has 1 aromatic carbocycles. The topological polar surface area (TPSA) is 30.5 Å². The van der Waals surface area contributed by atoms with Crippen LogP contribution in [0.15, 0.2) is 12.1 Å². The number of hydrogen-bond acceptors (Lipinski definition) is 3. The first-order chi connectivity index (χ1) is 8.47. The molecular formula is C14H22INO2. The predicted molar refractivity (Wildman–Crippen MR) is 83.7 cm³/mol. The Morgan fingerprint density at radius 2 is 1.72 bits per heavy atom. The monoisotopic (exact) mass is 363 g/mol. The second-order valence-electron chi connectivity index (χ2n) is 4.73. The Bertz CT molecular complexity index is 394. The van der Waals surface area contributed by atoms with Gasteiger partial charge < -0.3 is 14.8 Å². The lowest BCUT2D eigenvalue weighted by Crippen LogP contribution is -2.33. The summed E-state index contributed by atoms with van der Waals surface area (Å²) in [5, 5.41) is 3.50. The van der Waals surface area contributed by atoms with Crippen LogP contribution in [0.25, 0.3) is 0 Å². The van der Waals surface area contributed by atoms with Crippen LogP contribution in [0, 0.1) is 3.57 Å². The smallest absolute Gasteiger partial charge is 0.132 e. The average molecular weight is 363 g/mol. The largest absolute Gasteiger partial charge is 0.496 e. The first-order valence-corrected chi connectivity index (χ1v) is 7.22. The van der Waals surface area contributed by atoms with E-state index in [1.807, 2.05) is 6.07 Å². The Balaban J connectivity index is 2.92. The zero-order chi connectivity index (χ0) is 13.7. The van der Waals surface area contributed by atoms with E-state index in [-0.39, 0.29) is 0 Å². The molecule has 18 heavy (non-hydrogen) atoms. The van der Waals surface area contributed by atoms with Crippen LogP contribution in [0.5, 0.6) is 11.5 Å². The minimum Gasteiger partial charge on any atom is -0.496 e. The quantitative estimate of drug-likeness (QED) is 0.788. The van der Waals surface area contributed by atoms with Gasteiger partial charge in [0, 0.05) is 12.1 Å². The number of nitrogens with one attached hydrogen (secondary N) is 1. The summed E-state index contributed by atoms with van der Waals surface area (Å²) in [4.78, 5) is 0. The molecule has 0 amide bonds. The van der Waals surface area contributed by atoms with Crippen LogP contribution in [0.2, 0.25) is 0 Å². The highest BCUT2D eigenvalue weighted by atomic mass is 127. The Morgan fingerprint density at radius 3 is 2.22 bits per heavy atom. The normalized spacial score (nSPS) is 12.6. The maximum absolute atomic E-state index is 5.44. The molecule has 0 aliphatic heterocycles. The molecule has 3 nitrogen and oxygen atoms in total. The van der Waals surface area contributed by atoms with E-state index in [4.69, 9.17) is 9.47 Å². The molecule has 0 spiro atoms. The van der Waals surface area contributed by atoms with Crippen LogP contribution in [-0.4, -0.2) is 26.3 Å². The highest BCUT2D eigenvalue weighted by Gasteiger charge is 2.13. The number of methoxy groups -OCH3 is 2. The summed E-state index contributed by atoms with van der Waals surface area (Å²) in [6.07, 6.45) is 0.925. The van der Waals surface area contributed by atoms with E-state index in [1.165, 1.54) is 5.56 Å². The maximum atomic E-state index is 5.44. The van der Waals surface area contributed by atoms with Gasteiger partial charge in [0.05, 0.1) is 17.8 Å². The van der Waals surface area contributed by atoms with Crippen molar-refractivity contribution >= 4 is 22.6 Å². The second kappa shape index (κ2) is 7.19. The van der Waals surface area contributed by atoms with Crippen molar-refractivity contribution in [1.82, 2.24) is 5.32 Å². The summed E-state index contributed by atoms with van der Waals surface area (Å²) in [5.74, 6) is 1.83. The molecule has 1 unspecified atom stereocenters. The van der Waals surface area contributed by atoms with Crippen LogP contribution < -0.4 is 14.8 Å². The molecule has 0 saturated carbocycles. The van der Waals surface area contributed by atoms with Crippen molar-refractivity contribution in [3.63, 3.8) is 0 Å². The van der Waals surface area contributed by atoms with Crippen molar-refractivity contribution in [2.75, 3.05) is 14.2 Å². The fourth-order valence-electron chi connectivity index (χ4n) is 2.04. The second-order valence-corrected chi connectivity index (χ2v) is 5.89. The van der Waals surface area contributed by atoms with E-state index < -0.39 is 0 Å². The summed E-state index contributed by atoms with van der Waals surface area (Å²) in [6.45, 7) is 6.49. The third kappa shape index (κ3) is 4.31. The highest BCUT2D eigenvalue weighted by molar-refractivity contribution is 14.1. The Labute approximate surface area is 123 Å². The van der Waals surface area contributed by atoms with Crippen LogP contribution in [0.4, 0.5) is 0 Å². The fraction of sp³-hybridized carbons (Fsp3) is 0.571. The zero-order valence-electron chi connectivity index (χ0n) is 11.7. The lowest BCUT2D eigenvalue weighted by molar-refractivity contribution is 0.392. The van der Waals surface area contributed by atoms with Gasteiger partial charge in [-0.15, -0.1) is 0 Å². The Morgan fingerprint density at radius 1 is 1.11 bits per heavy atom. The van der Waals surface area contributed by atoms with Gasteiger partial charge in [-0.1, -0.05) is 13.8 Å². The molecule has 102 valence electrons. The molecular weight excluding hydrogens is 341 g/mol. The molecule has 1 atom stereocenters. The summed E-state index contributed by atoms with van der Waals surface area (Å²) in [7, 11) is 3.41. The van der Waals surface area contributed by atoms with Gasteiger partial charge >= 0.3 is 0 Å². The number of hydrogen-bond donors (Lipinski definition) is 1. The van der Waals surface area contributed by atoms with Crippen molar-refractivity contribution in [2.24, 2.45) is 0 Å². The standard InChI is InChI=1S/C14H22INO2/c1-9(2)16-10(3)6-11-7-14(18-5)12(15)8-13(11)17-4/h7-10,16H,6H2,1-5H3. The highest BCUT2D eigenvalue weighted by Crippen LogP contribution is 2.30. The van der Waals surface area contributed by atoms with Crippen LogP contribution in [0.1, 0.15) is 26.3 Å². The summed E-state index contributed by atoms with van der Waals surface area (Å²) in [6, 6.07) is 4.98. The predicted octanol–water partition coefficient (Wildman–Crippen LogP) is 3.24. The van der Waals surface area contributed by atoms with Crippen molar-refractivity contribution in [1.29, 1.82) is 0 Å². The van der Waals surface area contributed by atoms with Crippen LogP contribution in [-0.2, 0) is 6.42 Å². The van der Waals surface area contributed by atoms with E-state index in [2.05, 4.69) is 54.7 Å². The summed E-state index contributed by atoms with van der Waals surface area (Å²) < 4.78 is 11.9. The maximum Gasteiger partial charge on any atom is 0.132 e. The minimum atomic E-state index is 0.406. The molecule has 4 heteroatoms. The number of halogens is 1. The number of ether oxygens (including phenoxy) is 2. The summed E-state index contributed by atoms with van der Waals surface area (Å²) >= 11 is 2.26. The molecule has 0 bridgehead atoms. The molecule has 1 aromatic rings. The van der Waals surface area contributed by atoms with Crippen molar-refractivity contribution in [3.8, 4) is 11.5 Å². The van der Waals surface area contributed by atoms with E-state index in [0.717, 1.165) is 21.5 Å². The Kier molecular flexibility index (Phi) is 6.21. The Hall–Kier alpha value is -0.490. The van der Waals surface area contributed by atoms with E-state index in [0.29, 0.717) is 12.1 Å². The minimum absolute atomic E-state index is 0.406. The first-order valence-electron chi connectivity index (χ1n) is 6.14. The van der Waals surface area contributed by atoms with E-state index in [1.54, 1.807) is 14.2 Å². The van der Waals surface area contributed by atoms with Gasteiger partial charge in [-0.25, -0.2) is 0 Å². The molecule has 0 saturated heterocycles. The lowest BCUT2D eigenvalue weighted by Gasteiger charge is -2.19. The van der Waals surface area contributed by atoms with Crippen molar-refractivity contribution < 1.29 is 9.47 Å². The average Bonchev–Trinajstić information content (AvgIpc) is 2.29. The molecule has 1 N–H and O–H groups in total. The fourth-order valence-corrected chi connectivity index (χ4v) is 2.70. The van der Waals surface area contributed by atoms with Gasteiger partial charge in [0.25, 0.3) is 0 Å². The van der Waals surface area contributed by atoms with Crippen molar-refractivity contribution in [3.05, 3.63) is 21.3 Å². The zero-order valence-corrected chi connectivity index (χ0v) is 13.9. The molecule has 0 aliphatic carbocycles. The molecule has 1 rings (SSSR count). The molecule has 0 radical (unpaired) electrons. The molecule has 0 heterocycles. The molecule has 0 aliphatic rings. The van der Waals surface area contributed by atoms with Gasteiger partial charge in [-0.3, -0.25) is 0 Å². The molecule has 0 fully saturated rings. The first kappa shape index (κ1) is 15.6. The summed E-state index contributed by atoms with van der Waals surface area (Å²) in [5.41, 5.74) is 1.18. The van der Waals surface area contributed by atoms with Crippen molar-refractivity contribution in [2.45, 2.75) is 39.3 Å². The van der Waals surface area contributed by atoms with Gasteiger partial charge in [-0.2, -0.15) is 0 Å². The van der Waals surface area contributed by atoms with Gasteiger partial charge in [0.15, 0.2) is 0 Å². The third-order valence-corrected chi connectivity index (χ3v) is 3.54. The van der Waals surface area contributed by atoms with E-state index in [9.17, 15) is 0 Å². The SMILES string of the molecule is COc1cc(CC(C)NC(C)C)c(OC)cc1I. The van der Waals surface area contributed by atoms with E-state index >= 15 is 0 Å². The van der Waals surface area contributed by atoms with Crippen LogP contribution >= 0.6 is 22.6 Å². The third-order valence-electron chi connectivity index (χ3n) is 2.70. The van der Waals surface area contributed by atoms with Gasteiger partial charge in [0.1, 0.15) is 11.5 Å². The van der Waals surface area contributed by atoms with Gasteiger partial charge in [0.2, 0.25) is 0 Å². The number of benzene rings is 1. The number of rotatable bonds is 6. The molecule has 0 aromatic heterocycles. The van der Waals surface area contributed by atoms with Gasteiger partial charge in [-0.05, 0) is 53.6 Å². The van der Waals surface area contributed by atoms with Crippen LogP contribution in [0.3, 0.4) is 0 Å². The lowest BCUT2D eigenvalue weighted by atomic mass is 10.0.